The van der Waals surface area contributed by atoms with Gasteiger partial charge in [-0.05, 0) is 65.4 Å². The van der Waals surface area contributed by atoms with Gasteiger partial charge in [0.15, 0.2) is 11.5 Å². The molecule has 2 aromatic rings. The molecule has 154 valence electrons. The minimum absolute atomic E-state index is 0.0945. The van der Waals surface area contributed by atoms with Crippen LogP contribution in [0.3, 0.4) is 0 Å². The average molecular weight is 494 g/mol. The lowest BCUT2D eigenvalue weighted by atomic mass is 10.1. The molecule has 2 aromatic carbocycles. The summed E-state index contributed by atoms with van der Waals surface area (Å²) in [5, 5.41) is -0.200. The lowest BCUT2D eigenvalue weighted by Crippen LogP contribution is -2.33. The first-order valence-electron chi connectivity index (χ1n) is 9.58. The van der Waals surface area contributed by atoms with Gasteiger partial charge in [-0.25, -0.2) is 0 Å². The van der Waals surface area contributed by atoms with Crippen LogP contribution in [0.4, 0.5) is 0 Å². The third kappa shape index (κ3) is 5.53. The summed E-state index contributed by atoms with van der Waals surface area (Å²) in [7, 11) is 1.62. The van der Waals surface area contributed by atoms with Crippen LogP contribution in [0.2, 0.25) is 0 Å². The average Bonchev–Trinajstić information content (AvgIpc) is 2.98. The summed E-state index contributed by atoms with van der Waals surface area (Å²) in [5.74, 6) is 1.44. The van der Waals surface area contributed by atoms with E-state index in [-0.39, 0.29) is 11.2 Å². The molecule has 0 saturated carbocycles. The number of hydrogen-bond donors (Lipinski definition) is 0. The lowest BCUT2D eigenvalue weighted by Gasteiger charge is -2.16. The van der Waals surface area contributed by atoms with E-state index in [1.54, 1.807) is 12.0 Å². The normalized spacial score (nSPS) is 16.4. The quantitative estimate of drug-likeness (QED) is 0.445. The predicted molar refractivity (Wildman–Crippen MR) is 126 cm³/mol. The number of hydrogen-bond acceptors (Lipinski definition) is 5. The molecule has 0 aromatic heterocycles. The van der Waals surface area contributed by atoms with Gasteiger partial charge < -0.3 is 9.47 Å². The molecule has 1 aliphatic heterocycles. The molecule has 0 N–H and O–H groups in total. The number of methoxy groups -OCH3 is 1. The number of carbonyl (C=O) groups is 1. The van der Waals surface area contributed by atoms with Crippen LogP contribution in [0, 0.1) is 0 Å². The van der Waals surface area contributed by atoms with E-state index in [0.717, 1.165) is 22.9 Å². The molecule has 0 aliphatic carbocycles. The number of carbonyl (C=O) groups excluding carboxylic acids is 1. The molecule has 4 nitrogen and oxygen atoms in total. The van der Waals surface area contributed by atoms with E-state index in [1.807, 2.05) is 37.3 Å². The number of thiocarbonyl (C=S) groups is 1. The van der Waals surface area contributed by atoms with Crippen molar-refractivity contribution in [3.05, 3.63) is 58.1 Å². The number of nitrogens with zero attached hydrogens (tertiary/aromatic N) is 1. The highest BCUT2D eigenvalue weighted by molar-refractivity contribution is 9.10. The molecule has 0 bridgehead atoms. The Bertz CT molecular complexity index is 876. The molecule has 29 heavy (non-hydrogen) atoms. The summed E-state index contributed by atoms with van der Waals surface area (Å²) in [5.41, 5.74) is 2.29. The highest BCUT2D eigenvalue weighted by Crippen LogP contribution is 2.38. The maximum Gasteiger partial charge on any atom is 0.241 e. The van der Waals surface area contributed by atoms with Crippen LogP contribution in [-0.2, 0) is 17.6 Å². The molecule has 1 fully saturated rings. The number of ether oxygens (including phenoxy) is 2. The largest absolute Gasteiger partial charge is 0.493 e. The minimum atomic E-state index is -0.200. The van der Waals surface area contributed by atoms with E-state index in [2.05, 4.69) is 28.1 Å². The predicted octanol–water partition coefficient (Wildman–Crippen LogP) is 5.26. The van der Waals surface area contributed by atoms with Gasteiger partial charge in [0.05, 0.1) is 23.4 Å². The van der Waals surface area contributed by atoms with Gasteiger partial charge in [0.2, 0.25) is 5.91 Å². The van der Waals surface area contributed by atoms with Crippen LogP contribution in [-0.4, -0.2) is 40.6 Å². The maximum atomic E-state index is 12.9. The molecule has 1 saturated heterocycles. The smallest absolute Gasteiger partial charge is 0.241 e. The number of rotatable bonds is 9. The Labute approximate surface area is 190 Å². The van der Waals surface area contributed by atoms with E-state index in [9.17, 15) is 4.79 Å². The van der Waals surface area contributed by atoms with Crippen molar-refractivity contribution in [1.82, 2.24) is 4.90 Å². The number of aryl methyl sites for hydroxylation is 1. The van der Waals surface area contributed by atoms with Gasteiger partial charge in [-0.2, -0.15) is 0 Å². The van der Waals surface area contributed by atoms with Gasteiger partial charge in [0.1, 0.15) is 4.32 Å². The minimum Gasteiger partial charge on any atom is -0.493 e. The number of amides is 1. The van der Waals surface area contributed by atoms with E-state index < -0.39 is 0 Å². The second-order valence-electron chi connectivity index (χ2n) is 6.70. The van der Waals surface area contributed by atoms with Crippen LogP contribution in [0.15, 0.2) is 46.9 Å². The SMILES string of the molecule is CCOc1c(Br)cc(C[C@@H]2SC(=S)N(CCCc3ccccc3)C2=O)cc1OC. The summed E-state index contributed by atoms with van der Waals surface area (Å²) in [6, 6.07) is 14.2. The fourth-order valence-corrected chi connectivity index (χ4v) is 5.49. The van der Waals surface area contributed by atoms with E-state index >= 15 is 0 Å². The number of thioether (sulfide) groups is 1. The molecule has 0 unspecified atom stereocenters. The summed E-state index contributed by atoms with van der Waals surface area (Å²) < 4.78 is 12.6. The zero-order valence-corrected chi connectivity index (χ0v) is 19.7. The van der Waals surface area contributed by atoms with Crippen LogP contribution in [0.1, 0.15) is 24.5 Å². The fraction of sp³-hybridized carbons (Fsp3) is 0.364. The second-order valence-corrected chi connectivity index (χ2v) is 9.39. The Morgan fingerprint density at radius 2 is 1.97 bits per heavy atom. The Balaban J connectivity index is 1.63. The molecule has 1 aliphatic rings. The molecule has 1 atom stereocenters. The van der Waals surface area contributed by atoms with Crippen LogP contribution >= 0.6 is 39.9 Å². The first-order chi connectivity index (χ1) is 14.0. The Kier molecular flexibility index (Phi) is 7.98. The molecule has 1 amide bonds. The highest BCUT2D eigenvalue weighted by Gasteiger charge is 2.36. The van der Waals surface area contributed by atoms with Crippen molar-refractivity contribution in [2.45, 2.75) is 31.4 Å². The lowest BCUT2D eigenvalue weighted by molar-refractivity contribution is -0.126. The van der Waals surface area contributed by atoms with E-state index in [0.29, 0.717) is 35.4 Å². The zero-order valence-electron chi connectivity index (χ0n) is 16.5. The third-order valence-electron chi connectivity index (χ3n) is 4.69. The van der Waals surface area contributed by atoms with Crippen molar-refractivity contribution in [2.75, 3.05) is 20.3 Å². The molecular formula is C22H24BrNO3S2. The first-order valence-corrected chi connectivity index (χ1v) is 11.7. The molecule has 0 radical (unpaired) electrons. The molecule has 7 heteroatoms. The summed E-state index contributed by atoms with van der Waals surface area (Å²) >= 11 is 10.5. The standard InChI is InChI=1S/C22H24BrNO3S2/c1-3-27-20-17(23)12-16(13-18(20)26-2)14-19-21(25)24(22(28)29-19)11-7-10-15-8-5-4-6-9-15/h4-6,8-9,12-13,19H,3,7,10-11,14H2,1-2H3/t19-/m0/s1. The van der Waals surface area contributed by atoms with Crippen LogP contribution in [0.5, 0.6) is 11.5 Å². The maximum absolute atomic E-state index is 12.9. The van der Waals surface area contributed by atoms with Gasteiger partial charge in [-0.15, -0.1) is 0 Å². The van der Waals surface area contributed by atoms with Gasteiger partial charge in [0, 0.05) is 6.54 Å². The molecule has 1 heterocycles. The first kappa shape index (κ1) is 22.1. The van der Waals surface area contributed by atoms with E-state index in [1.165, 1.54) is 17.3 Å². The summed E-state index contributed by atoms with van der Waals surface area (Å²) in [6.45, 7) is 3.14. The highest BCUT2D eigenvalue weighted by atomic mass is 79.9. The number of benzene rings is 2. The van der Waals surface area contributed by atoms with Crippen molar-refractivity contribution in [3.63, 3.8) is 0 Å². The molecular weight excluding hydrogens is 470 g/mol. The zero-order chi connectivity index (χ0) is 20.8. The van der Waals surface area contributed by atoms with E-state index in [4.69, 9.17) is 21.7 Å². The van der Waals surface area contributed by atoms with Crippen LogP contribution in [0.25, 0.3) is 0 Å². The molecule has 3 rings (SSSR count). The fourth-order valence-electron chi connectivity index (χ4n) is 3.31. The Hall–Kier alpha value is -1.57. The van der Waals surface area contributed by atoms with Gasteiger partial charge in [-0.3, -0.25) is 9.69 Å². The van der Waals surface area contributed by atoms with Crippen molar-refractivity contribution in [3.8, 4) is 11.5 Å². The van der Waals surface area contributed by atoms with Crippen molar-refractivity contribution in [1.29, 1.82) is 0 Å². The topological polar surface area (TPSA) is 38.8 Å². The number of halogens is 1. The van der Waals surface area contributed by atoms with Crippen LogP contribution < -0.4 is 9.47 Å². The monoisotopic (exact) mass is 493 g/mol. The second kappa shape index (κ2) is 10.5. The third-order valence-corrected chi connectivity index (χ3v) is 6.87. The van der Waals surface area contributed by atoms with Crippen molar-refractivity contribution in [2.24, 2.45) is 0 Å². The van der Waals surface area contributed by atoms with Crippen molar-refractivity contribution < 1.29 is 14.3 Å². The summed E-state index contributed by atoms with van der Waals surface area (Å²) in [4.78, 5) is 14.7. The van der Waals surface area contributed by atoms with Gasteiger partial charge >= 0.3 is 0 Å². The van der Waals surface area contributed by atoms with Crippen molar-refractivity contribution >= 4 is 50.1 Å². The summed E-state index contributed by atoms with van der Waals surface area (Å²) in [6.07, 6.45) is 2.43. The Morgan fingerprint density at radius 3 is 2.66 bits per heavy atom. The Morgan fingerprint density at radius 1 is 1.21 bits per heavy atom. The van der Waals surface area contributed by atoms with Gasteiger partial charge in [-0.1, -0.05) is 54.3 Å². The molecule has 0 spiro atoms. The van der Waals surface area contributed by atoms with Gasteiger partial charge in [0.25, 0.3) is 0 Å².